The number of aryl methyl sites for hydroxylation is 2. The molecule has 8 heteroatoms. The van der Waals surface area contributed by atoms with E-state index in [2.05, 4.69) is 10.1 Å². The molecule has 0 aliphatic rings. The van der Waals surface area contributed by atoms with Crippen LogP contribution in [0.1, 0.15) is 32.9 Å². The van der Waals surface area contributed by atoms with Crippen LogP contribution >= 0.6 is 0 Å². The fourth-order valence-electron chi connectivity index (χ4n) is 2.74. The monoisotopic (exact) mass is 375 g/mol. The highest BCUT2D eigenvalue weighted by molar-refractivity contribution is 6.09. The molecule has 0 aliphatic heterocycles. The summed E-state index contributed by atoms with van der Waals surface area (Å²) in [5.74, 6) is 0.0885. The largest absolute Gasteiger partial charge is 0.496 e. The summed E-state index contributed by atoms with van der Waals surface area (Å²) >= 11 is 0. The van der Waals surface area contributed by atoms with E-state index in [1.807, 2.05) is 13.0 Å². The molecule has 0 fully saturated rings. The third kappa shape index (κ3) is 3.55. The molecule has 140 valence electrons. The van der Waals surface area contributed by atoms with E-state index in [4.69, 9.17) is 4.74 Å². The lowest BCUT2D eigenvalue weighted by molar-refractivity contribution is -0.142. The number of alkyl halides is 3. The minimum Gasteiger partial charge on any atom is -0.496 e. The van der Waals surface area contributed by atoms with E-state index in [0.29, 0.717) is 22.6 Å². The number of hydrogen-bond acceptors (Lipinski definition) is 4. The molecule has 0 radical (unpaired) electrons. The first-order valence-corrected chi connectivity index (χ1v) is 8.01. The third-order valence-corrected chi connectivity index (χ3v) is 4.05. The van der Waals surface area contributed by atoms with Crippen LogP contribution in [0.2, 0.25) is 0 Å². The van der Waals surface area contributed by atoms with Crippen LogP contribution in [0.4, 0.5) is 13.2 Å². The van der Waals surface area contributed by atoms with Crippen molar-refractivity contribution in [3.63, 3.8) is 0 Å². The van der Waals surface area contributed by atoms with Crippen molar-refractivity contribution in [2.75, 3.05) is 7.11 Å². The molecule has 27 heavy (non-hydrogen) atoms. The van der Waals surface area contributed by atoms with Crippen molar-refractivity contribution >= 4 is 17.5 Å². The van der Waals surface area contributed by atoms with Crippen LogP contribution in [0.25, 0.3) is 11.7 Å². The predicted molar refractivity (Wildman–Crippen MR) is 93.8 cm³/mol. The van der Waals surface area contributed by atoms with Crippen LogP contribution in [-0.4, -0.2) is 27.5 Å². The molecule has 1 aromatic carbocycles. The van der Waals surface area contributed by atoms with E-state index in [1.165, 1.54) is 19.3 Å². The summed E-state index contributed by atoms with van der Waals surface area (Å²) in [6.45, 7) is 3.41. The zero-order valence-corrected chi connectivity index (χ0v) is 14.8. The van der Waals surface area contributed by atoms with Crippen molar-refractivity contribution in [3.05, 3.63) is 64.6 Å². The Labute approximate surface area is 153 Å². The second kappa shape index (κ2) is 6.86. The minimum atomic E-state index is -4.56. The van der Waals surface area contributed by atoms with Crippen LogP contribution < -0.4 is 4.74 Å². The number of methoxy groups -OCH3 is 1. The van der Waals surface area contributed by atoms with E-state index in [9.17, 15) is 18.0 Å². The number of ketones is 1. The molecule has 3 aromatic rings. The summed E-state index contributed by atoms with van der Waals surface area (Å²) in [6, 6.07) is 6.05. The maximum Gasteiger partial charge on any atom is 0.433 e. The second-order valence-electron chi connectivity index (χ2n) is 5.96. The number of rotatable bonds is 4. The predicted octanol–water partition coefficient (Wildman–Crippen LogP) is 4.27. The van der Waals surface area contributed by atoms with E-state index < -0.39 is 11.9 Å². The lowest BCUT2D eigenvalue weighted by Crippen LogP contribution is -2.12. The highest BCUT2D eigenvalue weighted by Crippen LogP contribution is 2.30. The second-order valence-corrected chi connectivity index (χ2v) is 5.96. The van der Waals surface area contributed by atoms with Gasteiger partial charge in [0.25, 0.3) is 0 Å². The Bertz CT molecular complexity index is 1050. The minimum absolute atomic E-state index is 0.0302. The molecule has 3 rings (SSSR count). The highest BCUT2D eigenvalue weighted by atomic mass is 19.4. The van der Waals surface area contributed by atoms with Crippen molar-refractivity contribution in [3.8, 4) is 5.75 Å². The molecular formula is C19H16F3N3O2. The van der Waals surface area contributed by atoms with Gasteiger partial charge in [0, 0.05) is 11.8 Å². The summed E-state index contributed by atoms with van der Waals surface area (Å²) in [4.78, 5) is 16.5. The molecule has 5 nitrogen and oxygen atoms in total. The average Bonchev–Trinajstić information content (AvgIpc) is 2.93. The molecule has 0 N–H and O–H groups in total. The molecule has 0 saturated carbocycles. The Morgan fingerprint density at radius 3 is 2.63 bits per heavy atom. The van der Waals surface area contributed by atoms with Crippen LogP contribution in [0, 0.1) is 13.8 Å². The molecule has 0 unspecified atom stereocenters. The number of nitrogens with zero attached hydrogens (tertiary/aromatic N) is 3. The van der Waals surface area contributed by atoms with Gasteiger partial charge in [-0.05, 0) is 44.2 Å². The number of aromatic nitrogens is 3. The number of allylic oxidation sites excluding steroid dienone is 1. The summed E-state index contributed by atoms with van der Waals surface area (Å²) < 4.78 is 45.4. The number of carbonyl (C=O) groups excluding carboxylic acids is 1. The van der Waals surface area contributed by atoms with Gasteiger partial charge in [-0.2, -0.15) is 18.3 Å². The summed E-state index contributed by atoms with van der Waals surface area (Å²) in [6.07, 6.45) is -0.786. The Kier molecular flexibility index (Phi) is 4.73. The fourth-order valence-corrected chi connectivity index (χ4v) is 2.74. The standard InChI is InChI=1S/C19H16F3N3O2/c1-11-4-7-16(27-3)14(10-11)15(26)6-5-13-12(2)24-25-17(19(20,21)22)8-9-23-18(13)25/h4-10H,1-3H3/b6-5+. The quantitative estimate of drug-likeness (QED) is 0.505. The van der Waals surface area contributed by atoms with E-state index in [-0.39, 0.29) is 11.4 Å². The Hall–Kier alpha value is -3.16. The van der Waals surface area contributed by atoms with Gasteiger partial charge in [0.1, 0.15) is 11.4 Å². The lowest BCUT2D eigenvalue weighted by Gasteiger charge is -2.07. The number of ether oxygens (including phenoxy) is 1. The normalized spacial score (nSPS) is 12.1. The van der Waals surface area contributed by atoms with E-state index in [0.717, 1.165) is 22.3 Å². The van der Waals surface area contributed by atoms with Gasteiger partial charge in [0.05, 0.1) is 18.4 Å². The first-order valence-electron chi connectivity index (χ1n) is 8.01. The van der Waals surface area contributed by atoms with Gasteiger partial charge < -0.3 is 4.74 Å². The number of halogens is 3. The Balaban J connectivity index is 2.04. The third-order valence-electron chi connectivity index (χ3n) is 4.05. The fraction of sp³-hybridized carbons (Fsp3) is 0.211. The lowest BCUT2D eigenvalue weighted by atomic mass is 10.1. The van der Waals surface area contributed by atoms with Crippen molar-refractivity contribution in [2.24, 2.45) is 0 Å². The van der Waals surface area contributed by atoms with E-state index >= 15 is 0 Å². The SMILES string of the molecule is COc1ccc(C)cc1C(=O)/C=C/c1c(C)nn2c(C(F)(F)F)ccnc12. The number of fused-ring (bicyclic) bond motifs is 1. The molecule has 0 saturated heterocycles. The summed E-state index contributed by atoms with van der Waals surface area (Å²) in [5.41, 5.74) is 1.04. The first kappa shape index (κ1) is 18.6. The molecule has 2 heterocycles. The van der Waals surface area contributed by atoms with Crippen LogP contribution in [0.3, 0.4) is 0 Å². The molecule has 0 atom stereocenters. The van der Waals surface area contributed by atoms with Crippen molar-refractivity contribution < 1.29 is 22.7 Å². The van der Waals surface area contributed by atoms with Gasteiger partial charge in [-0.25, -0.2) is 9.50 Å². The van der Waals surface area contributed by atoms with Crippen molar-refractivity contribution in [1.29, 1.82) is 0 Å². The zero-order chi connectivity index (χ0) is 19.8. The summed E-state index contributed by atoms with van der Waals surface area (Å²) in [7, 11) is 1.46. The van der Waals surface area contributed by atoms with Gasteiger partial charge in [0.2, 0.25) is 0 Å². The van der Waals surface area contributed by atoms with Gasteiger partial charge >= 0.3 is 6.18 Å². The zero-order valence-electron chi connectivity index (χ0n) is 14.8. The smallest absolute Gasteiger partial charge is 0.433 e. The number of hydrogen-bond donors (Lipinski definition) is 0. The maximum absolute atomic E-state index is 13.1. The highest BCUT2D eigenvalue weighted by Gasteiger charge is 2.34. The van der Waals surface area contributed by atoms with Gasteiger partial charge in [-0.3, -0.25) is 4.79 Å². The molecule has 0 aliphatic carbocycles. The average molecular weight is 375 g/mol. The molecule has 0 spiro atoms. The molecule has 0 amide bonds. The Morgan fingerprint density at radius 2 is 1.96 bits per heavy atom. The van der Waals surface area contributed by atoms with E-state index in [1.54, 1.807) is 19.1 Å². The van der Waals surface area contributed by atoms with Crippen molar-refractivity contribution in [1.82, 2.24) is 14.6 Å². The topological polar surface area (TPSA) is 56.5 Å². The summed E-state index contributed by atoms with van der Waals surface area (Å²) in [5, 5.41) is 3.92. The first-order chi connectivity index (χ1) is 12.7. The number of carbonyl (C=O) groups is 1. The van der Waals surface area contributed by atoms with Gasteiger partial charge in [0.15, 0.2) is 11.4 Å². The van der Waals surface area contributed by atoms with Crippen molar-refractivity contribution in [2.45, 2.75) is 20.0 Å². The van der Waals surface area contributed by atoms with Gasteiger partial charge in [-0.15, -0.1) is 0 Å². The Morgan fingerprint density at radius 1 is 1.22 bits per heavy atom. The molecular weight excluding hydrogens is 359 g/mol. The molecule has 2 aromatic heterocycles. The van der Waals surface area contributed by atoms with Crippen LogP contribution in [0.15, 0.2) is 36.5 Å². The van der Waals surface area contributed by atoms with Gasteiger partial charge in [-0.1, -0.05) is 11.6 Å². The van der Waals surface area contributed by atoms with Crippen LogP contribution in [0.5, 0.6) is 5.75 Å². The maximum atomic E-state index is 13.1. The molecule has 0 bridgehead atoms. The number of benzene rings is 1. The van der Waals surface area contributed by atoms with Crippen LogP contribution in [-0.2, 0) is 6.18 Å².